The van der Waals surface area contributed by atoms with Gasteiger partial charge in [0.25, 0.3) is 0 Å². The van der Waals surface area contributed by atoms with Gasteiger partial charge < -0.3 is 4.52 Å². The van der Waals surface area contributed by atoms with E-state index in [2.05, 4.69) is 0 Å². The van der Waals surface area contributed by atoms with Crippen molar-refractivity contribution in [1.29, 1.82) is 5.26 Å². The second kappa shape index (κ2) is 6.15. The van der Waals surface area contributed by atoms with E-state index in [1.54, 1.807) is 10.5 Å². The third kappa shape index (κ3) is 3.48. The fourth-order valence-corrected chi connectivity index (χ4v) is 2.51. The van der Waals surface area contributed by atoms with Crippen LogP contribution in [-0.2, 0) is 9.09 Å². The van der Waals surface area contributed by atoms with E-state index in [-0.39, 0.29) is 0 Å². The molecule has 0 rings (SSSR count). The Morgan fingerprint density at radius 2 is 1.92 bits per heavy atom. The fraction of sp³-hybridized carbons (Fsp3) is 0.875. The lowest BCUT2D eigenvalue weighted by Gasteiger charge is -2.22. The van der Waals surface area contributed by atoms with Crippen molar-refractivity contribution in [3.63, 3.8) is 0 Å². The van der Waals surface area contributed by atoms with Crippen molar-refractivity contribution in [3.8, 4) is 5.81 Å². The summed E-state index contributed by atoms with van der Waals surface area (Å²) in [4.78, 5) is 0. The van der Waals surface area contributed by atoms with Crippen LogP contribution in [0.5, 0.6) is 0 Å². The lowest BCUT2D eigenvalue weighted by atomic mass is 10.5. The standard InChI is InChI=1S/C8H17N2O2P/c1-4-7-12-13(11,8-9)10(5-2)6-3/h4-7H2,1-3H3. The molecular formula is C8H17N2O2P. The van der Waals surface area contributed by atoms with E-state index < -0.39 is 7.52 Å². The Kier molecular flexibility index (Phi) is 5.98. The molecule has 0 radical (unpaired) electrons. The maximum absolute atomic E-state index is 11.8. The molecule has 0 N–H and O–H groups in total. The monoisotopic (exact) mass is 204 g/mol. The summed E-state index contributed by atoms with van der Waals surface area (Å²) in [5.74, 6) is 1.77. The van der Waals surface area contributed by atoms with Gasteiger partial charge in [0.15, 0.2) is 5.81 Å². The third-order valence-corrected chi connectivity index (χ3v) is 3.79. The number of nitriles is 1. The average molecular weight is 204 g/mol. The fourth-order valence-electron chi connectivity index (χ4n) is 0.985. The molecule has 76 valence electrons. The minimum Gasteiger partial charge on any atom is -0.307 e. The van der Waals surface area contributed by atoms with Gasteiger partial charge >= 0.3 is 7.52 Å². The maximum atomic E-state index is 11.8. The van der Waals surface area contributed by atoms with E-state index >= 15 is 0 Å². The summed E-state index contributed by atoms with van der Waals surface area (Å²) in [7, 11) is -3.19. The normalized spacial score (nSPS) is 15.3. The van der Waals surface area contributed by atoms with Gasteiger partial charge in [-0.05, 0) is 6.42 Å². The van der Waals surface area contributed by atoms with Crippen molar-refractivity contribution in [2.45, 2.75) is 27.2 Å². The molecule has 0 bridgehead atoms. The SMILES string of the molecule is CCCOP(=O)(C#N)N(CC)CC. The summed E-state index contributed by atoms with van der Waals surface area (Å²) < 4.78 is 18.5. The largest absolute Gasteiger partial charge is 0.371 e. The molecule has 0 spiro atoms. The first kappa shape index (κ1) is 12.6. The molecule has 0 aromatic heterocycles. The zero-order valence-electron chi connectivity index (χ0n) is 8.49. The minimum absolute atomic E-state index is 0.376. The van der Waals surface area contributed by atoms with E-state index in [0.717, 1.165) is 6.42 Å². The van der Waals surface area contributed by atoms with Crippen LogP contribution < -0.4 is 0 Å². The Labute approximate surface area is 80.0 Å². The maximum Gasteiger partial charge on any atom is 0.371 e. The van der Waals surface area contributed by atoms with Crippen LogP contribution >= 0.6 is 7.52 Å². The Hall–Kier alpha value is -0.360. The van der Waals surface area contributed by atoms with Crippen molar-refractivity contribution in [2.75, 3.05) is 19.7 Å². The number of hydrogen-bond donors (Lipinski definition) is 0. The molecule has 1 atom stereocenters. The van der Waals surface area contributed by atoms with Crippen LogP contribution in [0, 0.1) is 11.1 Å². The van der Waals surface area contributed by atoms with Crippen molar-refractivity contribution < 1.29 is 9.09 Å². The zero-order valence-corrected chi connectivity index (χ0v) is 9.38. The molecule has 0 saturated carbocycles. The summed E-state index contributed by atoms with van der Waals surface area (Å²) in [5.41, 5.74) is 0. The van der Waals surface area contributed by atoms with Crippen LogP contribution in [0.3, 0.4) is 0 Å². The van der Waals surface area contributed by atoms with Gasteiger partial charge in [-0.3, -0.25) is 4.57 Å². The Morgan fingerprint density at radius 3 is 2.23 bits per heavy atom. The van der Waals surface area contributed by atoms with Crippen LogP contribution in [0.2, 0.25) is 0 Å². The molecule has 0 aliphatic heterocycles. The first-order valence-corrected chi connectivity index (χ1v) is 6.13. The molecule has 0 saturated heterocycles. The quantitative estimate of drug-likeness (QED) is 0.623. The van der Waals surface area contributed by atoms with E-state index in [1.807, 2.05) is 20.8 Å². The molecule has 0 aromatic rings. The van der Waals surface area contributed by atoms with Gasteiger partial charge in [0.05, 0.1) is 6.61 Å². The first-order chi connectivity index (χ1) is 6.14. The molecule has 0 amide bonds. The summed E-state index contributed by atoms with van der Waals surface area (Å²) in [5, 5.41) is 8.76. The third-order valence-electron chi connectivity index (χ3n) is 1.70. The van der Waals surface area contributed by atoms with Gasteiger partial charge in [0.2, 0.25) is 0 Å². The molecule has 0 aliphatic carbocycles. The van der Waals surface area contributed by atoms with Gasteiger partial charge in [0, 0.05) is 13.1 Å². The zero-order chi connectivity index (χ0) is 10.3. The lowest BCUT2D eigenvalue weighted by molar-refractivity contribution is 0.274. The van der Waals surface area contributed by atoms with E-state index in [0.29, 0.717) is 19.7 Å². The molecule has 0 aromatic carbocycles. The van der Waals surface area contributed by atoms with Crippen LogP contribution in [0.4, 0.5) is 0 Å². The van der Waals surface area contributed by atoms with Crippen LogP contribution in [0.15, 0.2) is 0 Å². The summed E-state index contributed by atoms with van der Waals surface area (Å²) >= 11 is 0. The molecule has 13 heavy (non-hydrogen) atoms. The van der Waals surface area contributed by atoms with Crippen LogP contribution in [0.25, 0.3) is 0 Å². The molecule has 0 fully saturated rings. The average Bonchev–Trinajstić information content (AvgIpc) is 2.16. The second-order valence-electron chi connectivity index (χ2n) is 2.59. The highest BCUT2D eigenvalue weighted by Gasteiger charge is 2.29. The van der Waals surface area contributed by atoms with Crippen molar-refractivity contribution in [2.24, 2.45) is 0 Å². The van der Waals surface area contributed by atoms with E-state index in [4.69, 9.17) is 9.79 Å². The minimum atomic E-state index is -3.19. The molecule has 0 heterocycles. The van der Waals surface area contributed by atoms with Gasteiger partial charge in [0.1, 0.15) is 0 Å². The number of rotatable bonds is 6. The predicted octanol–water partition coefficient (Wildman–Crippen LogP) is 2.43. The molecule has 5 heteroatoms. The van der Waals surface area contributed by atoms with Crippen LogP contribution in [0.1, 0.15) is 27.2 Å². The first-order valence-electron chi connectivity index (χ1n) is 4.55. The van der Waals surface area contributed by atoms with Crippen LogP contribution in [-0.4, -0.2) is 24.4 Å². The molecule has 4 nitrogen and oxygen atoms in total. The highest BCUT2D eigenvalue weighted by molar-refractivity contribution is 7.61. The van der Waals surface area contributed by atoms with E-state index in [9.17, 15) is 4.57 Å². The smallest absolute Gasteiger partial charge is 0.307 e. The highest BCUT2D eigenvalue weighted by atomic mass is 31.2. The Balaban J connectivity index is 4.43. The van der Waals surface area contributed by atoms with Gasteiger partial charge in [-0.25, -0.2) is 4.67 Å². The lowest BCUT2D eigenvalue weighted by Crippen LogP contribution is -2.20. The summed E-state index contributed by atoms with van der Waals surface area (Å²) in [6.07, 6.45) is 0.771. The topological polar surface area (TPSA) is 53.3 Å². The van der Waals surface area contributed by atoms with Crippen molar-refractivity contribution >= 4 is 7.52 Å². The second-order valence-corrected chi connectivity index (χ2v) is 4.66. The van der Waals surface area contributed by atoms with Crippen molar-refractivity contribution in [3.05, 3.63) is 0 Å². The summed E-state index contributed by atoms with van der Waals surface area (Å²) in [6.45, 7) is 7.17. The molecule has 0 aliphatic rings. The van der Waals surface area contributed by atoms with E-state index in [1.165, 1.54) is 0 Å². The van der Waals surface area contributed by atoms with Gasteiger partial charge in [-0.2, -0.15) is 5.26 Å². The van der Waals surface area contributed by atoms with Crippen molar-refractivity contribution in [1.82, 2.24) is 4.67 Å². The summed E-state index contributed by atoms with van der Waals surface area (Å²) in [6, 6.07) is 0. The predicted molar refractivity (Wildman–Crippen MR) is 52.4 cm³/mol. The highest BCUT2D eigenvalue weighted by Crippen LogP contribution is 2.49. The molecular weight excluding hydrogens is 187 g/mol. The Bertz CT molecular complexity index is 221. The molecule has 1 unspecified atom stereocenters. The van der Waals surface area contributed by atoms with Gasteiger partial charge in [-0.1, -0.05) is 20.8 Å². The number of hydrogen-bond acceptors (Lipinski definition) is 3. The Morgan fingerprint density at radius 1 is 1.38 bits per heavy atom. The van der Waals surface area contributed by atoms with Gasteiger partial charge in [-0.15, -0.1) is 0 Å². The number of nitrogens with zero attached hydrogens (tertiary/aromatic N) is 2.